The minimum absolute atomic E-state index is 0.216. The maximum atomic E-state index is 10.4. The smallest absolute Gasteiger partial charge is 0.0931 e. The number of thiazole rings is 1. The van der Waals surface area contributed by atoms with Crippen LogP contribution in [0.25, 0.3) is 0 Å². The molecule has 0 spiro atoms. The quantitative estimate of drug-likeness (QED) is 0.898. The fourth-order valence-electron chi connectivity index (χ4n) is 2.41. The van der Waals surface area contributed by atoms with Crippen LogP contribution in [0.3, 0.4) is 0 Å². The molecule has 2 aromatic rings. The van der Waals surface area contributed by atoms with Gasteiger partial charge in [-0.1, -0.05) is 29.8 Å². The molecule has 3 nitrogen and oxygen atoms in total. The molecule has 1 aromatic carbocycles. The van der Waals surface area contributed by atoms with Gasteiger partial charge in [-0.3, -0.25) is 4.90 Å². The molecule has 0 saturated carbocycles. The average molecular weight is 325 g/mol. The summed E-state index contributed by atoms with van der Waals surface area (Å²) in [5.74, 6) is 0. The zero-order chi connectivity index (χ0) is 15.6. The first-order chi connectivity index (χ1) is 9.90. The Morgan fingerprint density at radius 1 is 1.33 bits per heavy atom. The van der Waals surface area contributed by atoms with Gasteiger partial charge in [0.2, 0.25) is 0 Å². The molecule has 2 unspecified atom stereocenters. The van der Waals surface area contributed by atoms with Crippen LogP contribution in [0.5, 0.6) is 0 Å². The van der Waals surface area contributed by atoms with E-state index in [-0.39, 0.29) is 6.04 Å². The average Bonchev–Trinajstić information content (AvgIpc) is 2.77. The second kappa shape index (κ2) is 6.88. The molecule has 0 radical (unpaired) electrons. The number of rotatable bonds is 5. The lowest BCUT2D eigenvalue weighted by Gasteiger charge is -2.27. The monoisotopic (exact) mass is 324 g/mol. The number of halogens is 1. The van der Waals surface area contributed by atoms with Crippen LogP contribution in [0.1, 0.15) is 40.2 Å². The van der Waals surface area contributed by atoms with Crippen molar-refractivity contribution in [2.75, 3.05) is 13.6 Å². The highest BCUT2D eigenvalue weighted by Gasteiger charge is 2.21. The van der Waals surface area contributed by atoms with Gasteiger partial charge in [-0.05, 0) is 33.9 Å². The highest BCUT2D eigenvalue weighted by Crippen LogP contribution is 2.30. The first-order valence-corrected chi connectivity index (χ1v) is 8.16. The third kappa shape index (κ3) is 3.83. The van der Waals surface area contributed by atoms with E-state index < -0.39 is 6.10 Å². The van der Waals surface area contributed by atoms with Crippen LogP contribution >= 0.6 is 22.9 Å². The van der Waals surface area contributed by atoms with Crippen molar-refractivity contribution in [3.05, 3.63) is 50.4 Å². The van der Waals surface area contributed by atoms with E-state index >= 15 is 0 Å². The summed E-state index contributed by atoms with van der Waals surface area (Å²) < 4.78 is 0. The maximum Gasteiger partial charge on any atom is 0.0931 e. The van der Waals surface area contributed by atoms with Gasteiger partial charge in [0, 0.05) is 28.0 Å². The Balaban J connectivity index is 2.09. The van der Waals surface area contributed by atoms with Crippen molar-refractivity contribution in [1.29, 1.82) is 0 Å². The van der Waals surface area contributed by atoms with Crippen molar-refractivity contribution in [3.8, 4) is 0 Å². The Hall–Kier alpha value is -0.940. The molecule has 1 N–H and O–H groups in total. The Labute approximate surface area is 135 Å². The van der Waals surface area contributed by atoms with Gasteiger partial charge in [0.05, 0.1) is 16.8 Å². The Morgan fingerprint density at radius 3 is 2.57 bits per heavy atom. The van der Waals surface area contributed by atoms with Gasteiger partial charge in [0.1, 0.15) is 0 Å². The molecule has 1 aromatic heterocycles. The van der Waals surface area contributed by atoms with Crippen LogP contribution in [0.4, 0.5) is 0 Å². The van der Waals surface area contributed by atoms with Crippen LogP contribution in [0, 0.1) is 13.8 Å². The van der Waals surface area contributed by atoms with Crippen molar-refractivity contribution >= 4 is 22.9 Å². The van der Waals surface area contributed by atoms with E-state index in [1.54, 1.807) is 17.4 Å². The normalized spacial score (nSPS) is 14.4. The summed E-state index contributed by atoms with van der Waals surface area (Å²) in [5.41, 5.74) is 1.85. The summed E-state index contributed by atoms with van der Waals surface area (Å²) in [6.45, 7) is 6.72. The number of aliphatic hydroxyl groups is 1. The molecule has 0 aliphatic heterocycles. The summed E-state index contributed by atoms with van der Waals surface area (Å²) in [6, 6.07) is 7.65. The van der Waals surface area contributed by atoms with Crippen LogP contribution in [-0.4, -0.2) is 28.6 Å². The van der Waals surface area contributed by atoms with E-state index in [0.717, 1.165) is 16.3 Å². The van der Waals surface area contributed by atoms with Gasteiger partial charge in [-0.25, -0.2) is 4.98 Å². The summed E-state index contributed by atoms with van der Waals surface area (Å²) in [5, 5.41) is 12.1. The molecule has 5 heteroatoms. The number of aryl methyl sites for hydroxylation is 2. The van der Waals surface area contributed by atoms with Crippen molar-refractivity contribution in [3.63, 3.8) is 0 Å². The first kappa shape index (κ1) is 16.4. The predicted molar refractivity (Wildman–Crippen MR) is 89.0 cm³/mol. The number of aliphatic hydroxyl groups excluding tert-OH is 1. The van der Waals surface area contributed by atoms with Gasteiger partial charge in [-0.2, -0.15) is 0 Å². The van der Waals surface area contributed by atoms with E-state index in [0.29, 0.717) is 11.6 Å². The van der Waals surface area contributed by atoms with Crippen molar-refractivity contribution in [2.45, 2.75) is 32.9 Å². The molecule has 2 atom stereocenters. The molecular formula is C16H21ClN2OS. The number of nitrogens with zero attached hydrogens (tertiary/aromatic N) is 2. The van der Waals surface area contributed by atoms with Gasteiger partial charge in [-0.15, -0.1) is 11.3 Å². The highest BCUT2D eigenvalue weighted by molar-refractivity contribution is 7.11. The summed E-state index contributed by atoms with van der Waals surface area (Å²) in [7, 11) is 2.01. The standard InChI is InChI=1S/C16H21ClN2OS/c1-10-16(21-12(3)18-10)11(2)19(4)9-15(20)13-7-5-6-8-14(13)17/h5-8,11,15,20H,9H2,1-4H3. The van der Waals surface area contributed by atoms with Crippen LogP contribution < -0.4 is 0 Å². The lowest BCUT2D eigenvalue weighted by molar-refractivity contribution is 0.109. The molecule has 21 heavy (non-hydrogen) atoms. The number of hydrogen-bond donors (Lipinski definition) is 1. The third-order valence-electron chi connectivity index (χ3n) is 3.71. The third-order valence-corrected chi connectivity index (χ3v) is 5.29. The number of hydrogen-bond acceptors (Lipinski definition) is 4. The predicted octanol–water partition coefficient (Wildman–Crippen LogP) is 4.14. The highest BCUT2D eigenvalue weighted by atomic mass is 35.5. The zero-order valence-corrected chi connectivity index (χ0v) is 14.4. The fourth-order valence-corrected chi connectivity index (χ4v) is 3.72. The largest absolute Gasteiger partial charge is 0.387 e. The molecule has 1 heterocycles. The summed E-state index contributed by atoms with van der Waals surface area (Å²) >= 11 is 7.86. The van der Waals surface area contributed by atoms with E-state index in [9.17, 15) is 5.11 Å². The molecule has 0 saturated heterocycles. The van der Waals surface area contributed by atoms with E-state index in [1.165, 1.54) is 4.88 Å². The Bertz CT molecular complexity index is 614. The van der Waals surface area contributed by atoms with Crippen LogP contribution in [0.2, 0.25) is 5.02 Å². The number of benzene rings is 1. The molecule has 114 valence electrons. The van der Waals surface area contributed by atoms with E-state index in [2.05, 4.69) is 16.8 Å². The molecule has 0 aliphatic rings. The second-order valence-electron chi connectivity index (χ2n) is 5.34. The van der Waals surface area contributed by atoms with E-state index in [1.807, 2.05) is 39.1 Å². The number of aromatic nitrogens is 1. The molecule has 2 rings (SSSR count). The molecule has 0 fully saturated rings. The van der Waals surface area contributed by atoms with Crippen LogP contribution in [0.15, 0.2) is 24.3 Å². The Morgan fingerprint density at radius 2 is 2.00 bits per heavy atom. The minimum atomic E-state index is -0.597. The lowest BCUT2D eigenvalue weighted by Crippen LogP contribution is -2.27. The van der Waals surface area contributed by atoms with Crippen molar-refractivity contribution in [2.24, 2.45) is 0 Å². The van der Waals surface area contributed by atoms with Gasteiger partial charge < -0.3 is 5.11 Å². The molecular weight excluding hydrogens is 304 g/mol. The van der Waals surface area contributed by atoms with Crippen molar-refractivity contribution in [1.82, 2.24) is 9.88 Å². The second-order valence-corrected chi connectivity index (χ2v) is 6.98. The molecule has 0 bridgehead atoms. The number of likely N-dealkylation sites (N-methyl/N-ethyl adjacent to an activating group) is 1. The van der Waals surface area contributed by atoms with Gasteiger partial charge in [0.15, 0.2) is 0 Å². The lowest BCUT2D eigenvalue weighted by atomic mass is 10.1. The first-order valence-electron chi connectivity index (χ1n) is 6.96. The molecule has 0 aliphatic carbocycles. The topological polar surface area (TPSA) is 36.4 Å². The minimum Gasteiger partial charge on any atom is -0.387 e. The Kier molecular flexibility index (Phi) is 5.38. The fraction of sp³-hybridized carbons (Fsp3) is 0.438. The SMILES string of the molecule is Cc1nc(C)c(C(C)N(C)CC(O)c2ccccc2Cl)s1. The molecule has 0 amide bonds. The maximum absolute atomic E-state index is 10.4. The van der Waals surface area contributed by atoms with Gasteiger partial charge in [0.25, 0.3) is 0 Å². The van der Waals surface area contributed by atoms with E-state index in [4.69, 9.17) is 11.6 Å². The summed E-state index contributed by atoms with van der Waals surface area (Å²) in [6.07, 6.45) is -0.597. The van der Waals surface area contributed by atoms with Crippen molar-refractivity contribution < 1.29 is 5.11 Å². The van der Waals surface area contributed by atoms with Gasteiger partial charge >= 0.3 is 0 Å². The van der Waals surface area contributed by atoms with Crippen LogP contribution in [-0.2, 0) is 0 Å². The summed E-state index contributed by atoms with van der Waals surface area (Å²) in [4.78, 5) is 7.86. The zero-order valence-electron chi connectivity index (χ0n) is 12.8.